The third-order valence-corrected chi connectivity index (χ3v) is 4.51. The number of nitrogens with zero attached hydrogens (tertiary/aromatic N) is 2. The maximum absolute atomic E-state index is 5.88. The van der Waals surface area contributed by atoms with Gasteiger partial charge in [0.2, 0.25) is 0 Å². The lowest BCUT2D eigenvalue weighted by molar-refractivity contribution is 0.0164. The van der Waals surface area contributed by atoms with E-state index in [1.54, 1.807) is 0 Å². The Hall–Kier alpha value is -1.24. The van der Waals surface area contributed by atoms with Crippen molar-refractivity contribution in [3.8, 4) is 6.01 Å². The average molecular weight is 306 g/mol. The van der Waals surface area contributed by atoms with Gasteiger partial charge in [-0.1, -0.05) is 0 Å². The van der Waals surface area contributed by atoms with Crippen LogP contribution in [-0.4, -0.2) is 54.7 Å². The molecule has 1 saturated carbocycles. The molecular weight excluding hydrogens is 284 g/mol. The van der Waals surface area contributed by atoms with Crippen molar-refractivity contribution in [2.45, 2.75) is 49.9 Å². The van der Waals surface area contributed by atoms with Gasteiger partial charge in [-0.25, -0.2) is 9.97 Å². The minimum absolute atomic E-state index is 0.236. The average Bonchev–Trinajstić information content (AvgIpc) is 3.47. The van der Waals surface area contributed by atoms with Crippen LogP contribution in [0, 0.1) is 0 Å². The first-order chi connectivity index (χ1) is 10.9. The van der Waals surface area contributed by atoms with Gasteiger partial charge in [0.05, 0.1) is 25.9 Å². The molecule has 0 bridgehead atoms. The highest BCUT2D eigenvalue weighted by Gasteiger charge is 2.28. The van der Waals surface area contributed by atoms with Gasteiger partial charge in [0.1, 0.15) is 18.8 Å². The van der Waals surface area contributed by atoms with Crippen molar-refractivity contribution in [2.75, 3.05) is 26.4 Å². The molecule has 22 heavy (non-hydrogen) atoms. The highest BCUT2D eigenvalue weighted by atomic mass is 16.6. The monoisotopic (exact) mass is 306 g/mol. The number of rotatable bonds is 7. The van der Waals surface area contributed by atoms with Gasteiger partial charge < -0.3 is 18.9 Å². The van der Waals surface area contributed by atoms with E-state index >= 15 is 0 Å². The van der Waals surface area contributed by atoms with Gasteiger partial charge in [-0.05, 0) is 37.2 Å². The molecule has 1 aliphatic carbocycles. The lowest BCUT2D eigenvalue weighted by Crippen LogP contribution is -2.22. The van der Waals surface area contributed by atoms with Crippen LogP contribution in [0.2, 0.25) is 0 Å². The maximum Gasteiger partial charge on any atom is 0.316 e. The summed E-state index contributed by atoms with van der Waals surface area (Å²) in [5.41, 5.74) is 1.21. The summed E-state index contributed by atoms with van der Waals surface area (Å²) < 4.78 is 21.6. The van der Waals surface area contributed by atoms with Crippen molar-refractivity contribution in [3.63, 3.8) is 0 Å². The number of hydrogen-bond donors (Lipinski definition) is 0. The smallest absolute Gasteiger partial charge is 0.316 e. The van der Waals surface area contributed by atoms with Crippen LogP contribution >= 0.6 is 0 Å². The molecule has 3 heterocycles. The first kappa shape index (κ1) is 14.4. The third-order valence-electron chi connectivity index (χ3n) is 4.51. The summed E-state index contributed by atoms with van der Waals surface area (Å²) in [4.78, 5) is 8.61. The first-order valence-electron chi connectivity index (χ1n) is 8.16. The van der Waals surface area contributed by atoms with Gasteiger partial charge in [-0.3, -0.25) is 0 Å². The molecule has 0 radical (unpaired) electrons. The van der Waals surface area contributed by atoms with Crippen molar-refractivity contribution in [3.05, 3.63) is 18.0 Å². The zero-order valence-electron chi connectivity index (χ0n) is 12.6. The highest BCUT2D eigenvalue weighted by Crippen LogP contribution is 2.34. The Labute approximate surface area is 130 Å². The molecule has 0 amide bonds. The zero-order valence-corrected chi connectivity index (χ0v) is 12.6. The summed E-state index contributed by atoms with van der Waals surface area (Å²) in [6, 6.07) is 0.445. The van der Waals surface area contributed by atoms with Crippen molar-refractivity contribution < 1.29 is 18.9 Å². The van der Waals surface area contributed by atoms with Crippen LogP contribution in [0.3, 0.4) is 0 Å². The lowest BCUT2D eigenvalue weighted by Gasteiger charge is -2.28. The minimum Gasteiger partial charge on any atom is -0.461 e. The molecule has 2 saturated heterocycles. The third kappa shape index (κ3) is 3.94. The molecule has 2 unspecified atom stereocenters. The van der Waals surface area contributed by atoms with Crippen molar-refractivity contribution in [1.82, 2.24) is 9.97 Å². The Morgan fingerprint density at radius 1 is 0.955 bits per heavy atom. The molecule has 6 nitrogen and oxygen atoms in total. The Morgan fingerprint density at radius 2 is 1.59 bits per heavy atom. The van der Waals surface area contributed by atoms with E-state index in [0.717, 1.165) is 45.5 Å². The maximum atomic E-state index is 5.88. The van der Waals surface area contributed by atoms with Crippen molar-refractivity contribution in [2.24, 2.45) is 0 Å². The van der Waals surface area contributed by atoms with E-state index in [1.807, 2.05) is 12.4 Å². The molecule has 2 atom stereocenters. The minimum atomic E-state index is 0.236. The topological polar surface area (TPSA) is 69.3 Å². The summed E-state index contributed by atoms with van der Waals surface area (Å²) in [6.45, 7) is 2.96. The van der Waals surface area contributed by atoms with Crippen LogP contribution in [0.25, 0.3) is 0 Å². The van der Waals surface area contributed by atoms with E-state index in [1.165, 1.54) is 5.56 Å². The van der Waals surface area contributed by atoms with Gasteiger partial charge in [0, 0.05) is 12.4 Å². The summed E-state index contributed by atoms with van der Waals surface area (Å²) >= 11 is 0. The quantitative estimate of drug-likeness (QED) is 0.714. The van der Waals surface area contributed by atoms with Crippen molar-refractivity contribution >= 4 is 0 Å². The van der Waals surface area contributed by atoms with Crippen LogP contribution in [0.5, 0.6) is 6.01 Å². The Morgan fingerprint density at radius 3 is 2.23 bits per heavy atom. The zero-order chi connectivity index (χ0) is 14.8. The molecule has 6 heteroatoms. The normalized spacial score (nSPS) is 33.5. The van der Waals surface area contributed by atoms with E-state index in [0.29, 0.717) is 30.7 Å². The van der Waals surface area contributed by atoms with Crippen LogP contribution < -0.4 is 4.74 Å². The van der Waals surface area contributed by atoms with Crippen LogP contribution in [0.4, 0.5) is 0 Å². The van der Waals surface area contributed by atoms with E-state index in [9.17, 15) is 0 Å². The fourth-order valence-corrected chi connectivity index (χ4v) is 2.91. The van der Waals surface area contributed by atoms with E-state index in [4.69, 9.17) is 18.9 Å². The Balaban J connectivity index is 1.23. The largest absolute Gasteiger partial charge is 0.461 e. The molecule has 4 rings (SSSR count). The van der Waals surface area contributed by atoms with Crippen LogP contribution in [0.15, 0.2) is 12.4 Å². The molecular formula is C16H22N2O4. The molecule has 1 aromatic rings. The molecule has 2 aliphatic heterocycles. The second-order valence-electron chi connectivity index (χ2n) is 6.33. The van der Waals surface area contributed by atoms with E-state index in [-0.39, 0.29) is 6.10 Å². The molecule has 1 aromatic heterocycles. The lowest BCUT2D eigenvalue weighted by atomic mass is 9.84. The molecule has 0 N–H and O–H groups in total. The van der Waals surface area contributed by atoms with Gasteiger partial charge >= 0.3 is 6.01 Å². The molecule has 120 valence electrons. The summed E-state index contributed by atoms with van der Waals surface area (Å²) in [6.07, 6.45) is 9.27. The Kier molecular flexibility index (Phi) is 4.23. The fourth-order valence-electron chi connectivity index (χ4n) is 2.91. The van der Waals surface area contributed by atoms with Crippen molar-refractivity contribution in [1.29, 1.82) is 0 Å². The number of ether oxygens (including phenoxy) is 4. The molecule has 0 aromatic carbocycles. The number of aromatic nitrogens is 2. The van der Waals surface area contributed by atoms with Crippen LogP contribution in [-0.2, 0) is 14.2 Å². The summed E-state index contributed by atoms with van der Waals surface area (Å²) in [7, 11) is 0. The second kappa shape index (κ2) is 6.48. The SMILES string of the molecule is c1nc(OCC2CO2)ncc1C1CCC(OCC2CO2)CC1. The second-order valence-corrected chi connectivity index (χ2v) is 6.33. The molecule has 3 aliphatic rings. The number of epoxide rings is 2. The molecule has 3 fully saturated rings. The predicted octanol–water partition coefficient (Wildman–Crippen LogP) is 1.70. The molecule has 0 spiro atoms. The predicted molar refractivity (Wildman–Crippen MR) is 78.0 cm³/mol. The fraction of sp³-hybridized carbons (Fsp3) is 0.750. The van der Waals surface area contributed by atoms with Gasteiger partial charge in [0.15, 0.2) is 0 Å². The number of hydrogen-bond acceptors (Lipinski definition) is 6. The van der Waals surface area contributed by atoms with Crippen LogP contribution in [0.1, 0.15) is 37.2 Å². The van der Waals surface area contributed by atoms with E-state index < -0.39 is 0 Å². The summed E-state index contributed by atoms with van der Waals surface area (Å²) in [5, 5.41) is 0. The first-order valence-corrected chi connectivity index (χ1v) is 8.16. The van der Waals surface area contributed by atoms with E-state index in [2.05, 4.69) is 9.97 Å². The Bertz CT molecular complexity index is 479. The van der Waals surface area contributed by atoms with Gasteiger partial charge in [0.25, 0.3) is 0 Å². The standard InChI is InChI=1S/C16H22N2O4/c1-3-13(19-7-14-8-20-14)4-2-11(1)12-5-17-16(18-6-12)22-10-15-9-21-15/h5-6,11,13-15H,1-4,7-10H2. The summed E-state index contributed by atoms with van der Waals surface area (Å²) in [5.74, 6) is 0.540. The van der Waals surface area contributed by atoms with Gasteiger partial charge in [-0.2, -0.15) is 0 Å². The van der Waals surface area contributed by atoms with Gasteiger partial charge in [-0.15, -0.1) is 0 Å². The highest BCUT2D eigenvalue weighted by molar-refractivity contribution is 5.14.